The maximum Gasteiger partial charge on any atom is 0.242 e. The van der Waals surface area contributed by atoms with Crippen molar-refractivity contribution in [3.05, 3.63) is 28.2 Å². The Bertz CT molecular complexity index is 499. The molecule has 7 heteroatoms. The molecule has 1 fully saturated rings. The van der Waals surface area contributed by atoms with Gasteiger partial charge in [0.2, 0.25) is 10.0 Å². The third kappa shape index (κ3) is 2.87. The average molecular weight is 282 g/mol. The number of benzene rings is 1. The molecule has 1 saturated heterocycles. The Morgan fingerprint density at radius 1 is 1.44 bits per heavy atom. The van der Waals surface area contributed by atoms with Crippen molar-refractivity contribution in [1.29, 1.82) is 0 Å². The van der Waals surface area contributed by atoms with Gasteiger partial charge < -0.3 is 4.74 Å². The van der Waals surface area contributed by atoms with Crippen molar-refractivity contribution in [3.63, 3.8) is 0 Å². The van der Waals surface area contributed by atoms with Crippen LogP contribution in [0.3, 0.4) is 0 Å². The molecular weight excluding hydrogens is 273 g/mol. The van der Waals surface area contributed by atoms with Gasteiger partial charge in [0.1, 0.15) is 4.90 Å². The summed E-state index contributed by atoms with van der Waals surface area (Å²) in [7, 11) is -3.61. The van der Waals surface area contributed by atoms with E-state index in [-0.39, 0.29) is 22.6 Å². The average Bonchev–Trinajstić information content (AvgIpc) is 3.02. The Kier molecular flexibility index (Phi) is 3.42. The van der Waals surface area contributed by atoms with E-state index in [1.807, 2.05) is 0 Å². The summed E-state index contributed by atoms with van der Waals surface area (Å²) in [6.45, 7) is 0.844. The quantitative estimate of drug-likeness (QED) is 0.855. The van der Waals surface area contributed by atoms with E-state index in [9.17, 15) is 8.42 Å². The number of rotatable bonds is 4. The van der Waals surface area contributed by atoms with Crippen LogP contribution in [0.1, 0.15) is 0 Å². The van der Waals surface area contributed by atoms with Crippen LogP contribution in [0.25, 0.3) is 0 Å². The molecule has 1 heterocycles. The monoisotopic (exact) mass is 281 g/mol. The van der Waals surface area contributed by atoms with E-state index >= 15 is 0 Å². The Balaban J connectivity index is 2.22. The largest absolute Gasteiger partial charge is 0.372 e. The van der Waals surface area contributed by atoms with Gasteiger partial charge in [-0.2, -0.15) is 0 Å². The highest BCUT2D eigenvalue weighted by atomic mass is 35.5. The van der Waals surface area contributed by atoms with Crippen molar-refractivity contribution in [2.24, 2.45) is 0 Å². The third-order valence-corrected chi connectivity index (χ3v) is 4.23. The highest BCUT2D eigenvalue weighted by Gasteiger charge is 2.26. The molecule has 88 valence electrons. The van der Waals surface area contributed by atoms with Gasteiger partial charge in [0.05, 0.1) is 17.7 Å². The van der Waals surface area contributed by atoms with Gasteiger partial charge >= 0.3 is 0 Å². The maximum absolute atomic E-state index is 11.8. The molecule has 1 atom stereocenters. The van der Waals surface area contributed by atoms with Crippen molar-refractivity contribution in [3.8, 4) is 0 Å². The lowest BCUT2D eigenvalue weighted by atomic mass is 10.4. The van der Waals surface area contributed by atoms with E-state index in [4.69, 9.17) is 27.9 Å². The molecule has 1 aromatic rings. The zero-order chi connectivity index (χ0) is 11.8. The van der Waals surface area contributed by atoms with E-state index in [0.29, 0.717) is 11.6 Å². The summed E-state index contributed by atoms with van der Waals surface area (Å²) in [6.07, 6.45) is -0.0206. The molecule has 1 aliphatic rings. The topological polar surface area (TPSA) is 58.7 Å². The highest BCUT2D eigenvalue weighted by molar-refractivity contribution is 7.89. The number of hydrogen-bond acceptors (Lipinski definition) is 3. The second kappa shape index (κ2) is 4.50. The first kappa shape index (κ1) is 12.1. The SMILES string of the molecule is O=S(=O)(NCC1CO1)c1cc(Cl)ccc1Cl. The molecule has 0 bridgehead atoms. The molecule has 0 radical (unpaired) electrons. The van der Waals surface area contributed by atoms with Crippen molar-refractivity contribution < 1.29 is 13.2 Å². The van der Waals surface area contributed by atoms with Gasteiger partial charge in [-0.15, -0.1) is 0 Å². The molecule has 16 heavy (non-hydrogen) atoms. The lowest BCUT2D eigenvalue weighted by molar-refractivity contribution is 0.406. The summed E-state index contributed by atoms with van der Waals surface area (Å²) < 4.78 is 31.0. The number of nitrogens with one attached hydrogen (secondary N) is 1. The molecule has 1 unspecified atom stereocenters. The van der Waals surface area contributed by atoms with Crippen molar-refractivity contribution >= 4 is 33.2 Å². The summed E-state index contributed by atoms with van der Waals surface area (Å²) in [5.74, 6) is 0. The zero-order valence-corrected chi connectivity index (χ0v) is 10.4. The van der Waals surface area contributed by atoms with Crippen molar-refractivity contribution in [1.82, 2.24) is 4.72 Å². The molecule has 1 aliphatic heterocycles. The third-order valence-electron chi connectivity index (χ3n) is 2.09. The first-order valence-corrected chi connectivity index (χ1v) is 6.79. The fourth-order valence-corrected chi connectivity index (χ4v) is 2.98. The predicted molar refractivity (Wildman–Crippen MR) is 61.4 cm³/mol. The normalized spacial score (nSPS) is 19.8. The summed E-state index contributed by atoms with van der Waals surface area (Å²) >= 11 is 11.5. The maximum atomic E-state index is 11.8. The summed E-state index contributed by atoms with van der Waals surface area (Å²) in [5.41, 5.74) is 0. The molecule has 2 rings (SSSR count). The Morgan fingerprint density at radius 2 is 2.12 bits per heavy atom. The summed E-state index contributed by atoms with van der Waals surface area (Å²) in [4.78, 5) is -0.0117. The van der Waals surface area contributed by atoms with E-state index in [1.165, 1.54) is 18.2 Å². The summed E-state index contributed by atoms with van der Waals surface area (Å²) in [6, 6.07) is 4.30. The van der Waals surface area contributed by atoms with Gasteiger partial charge in [0.25, 0.3) is 0 Å². The number of epoxide rings is 1. The fourth-order valence-electron chi connectivity index (χ4n) is 1.15. The Labute approximate surface area is 104 Å². The van der Waals surface area contributed by atoms with Crippen molar-refractivity contribution in [2.45, 2.75) is 11.0 Å². The van der Waals surface area contributed by atoms with Crippen LogP contribution in [-0.4, -0.2) is 27.7 Å². The molecule has 0 aliphatic carbocycles. The van der Waals surface area contributed by atoms with E-state index in [0.717, 1.165) is 0 Å². The van der Waals surface area contributed by atoms with E-state index in [2.05, 4.69) is 4.72 Å². The number of halogens is 2. The van der Waals surface area contributed by atoms with Crippen molar-refractivity contribution in [2.75, 3.05) is 13.2 Å². The first-order valence-electron chi connectivity index (χ1n) is 4.55. The second-order valence-electron chi connectivity index (χ2n) is 3.38. The lowest BCUT2D eigenvalue weighted by Crippen LogP contribution is -2.27. The smallest absolute Gasteiger partial charge is 0.242 e. The van der Waals surface area contributed by atoms with Crippen LogP contribution < -0.4 is 4.72 Å². The minimum atomic E-state index is -3.61. The zero-order valence-electron chi connectivity index (χ0n) is 8.11. The first-order chi connectivity index (χ1) is 7.49. The van der Waals surface area contributed by atoms with Crippen LogP contribution in [0.5, 0.6) is 0 Å². The summed E-state index contributed by atoms with van der Waals surface area (Å²) in [5, 5.41) is 0.473. The van der Waals surface area contributed by atoms with Gasteiger partial charge in [0.15, 0.2) is 0 Å². The van der Waals surface area contributed by atoms with Crippen LogP contribution in [-0.2, 0) is 14.8 Å². The van der Waals surface area contributed by atoms with Crippen LogP contribution in [0, 0.1) is 0 Å². The molecular formula is C9H9Cl2NO3S. The van der Waals surface area contributed by atoms with Crippen LogP contribution in [0.2, 0.25) is 10.0 Å². The Hall–Kier alpha value is -0.330. The van der Waals surface area contributed by atoms with Crippen LogP contribution >= 0.6 is 23.2 Å². The van der Waals surface area contributed by atoms with Crippen LogP contribution in [0.4, 0.5) is 0 Å². The van der Waals surface area contributed by atoms with Gasteiger partial charge in [-0.25, -0.2) is 13.1 Å². The molecule has 0 spiro atoms. The molecule has 1 N–H and O–H groups in total. The van der Waals surface area contributed by atoms with Crippen LogP contribution in [0.15, 0.2) is 23.1 Å². The minimum absolute atomic E-state index is 0.0117. The number of hydrogen-bond donors (Lipinski definition) is 1. The molecule has 0 aromatic heterocycles. The number of ether oxygens (including phenoxy) is 1. The minimum Gasteiger partial charge on any atom is -0.372 e. The molecule has 0 amide bonds. The van der Waals surface area contributed by atoms with Gasteiger partial charge in [0, 0.05) is 11.6 Å². The highest BCUT2D eigenvalue weighted by Crippen LogP contribution is 2.24. The standard InChI is InChI=1S/C9H9Cl2NO3S/c10-6-1-2-8(11)9(3-6)16(13,14)12-4-7-5-15-7/h1-3,7,12H,4-5H2. The Morgan fingerprint density at radius 3 is 2.75 bits per heavy atom. The van der Waals surface area contributed by atoms with Gasteiger partial charge in [-0.1, -0.05) is 23.2 Å². The van der Waals surface area contributed by atoms with E-state index < -0.39 is 10.0 Å². The molecule has 4 nitrogen and oxygen atoms in total. The fraction of sp³-hybridized carbons (Fsp3) is 0.333. The number of sulfonamides is 1. The predicted octanol–water partition coefficient (Wildman–Crippen LogP) is 1.67. The lowest BCUT2D eigenvalue weighted by Gasteiger charge is -2.07. The van der Waals surface area contributed by atoms with E-state index in [1.54, 1.807) is 0 Å². The van der Waals surface area contributed by atoms with Gasteiger partial charge in [-0.3, -0.25) is 0 Å². The second-order valence-corrected chi connectivity index (χ2v) is 5.96. The van der Waals surface area contributed by atoms with Gasteiger partial charge in [-0.05, 0) is 18.2 Å². The molecule has 1 aromatic carbocycles. The molecule has 0 saturated carbocycles.